The van der Waals surface area contributed by atoms with E-state index in [2.05, 4.69) is 10.4 Å². The van der Waals surface area contributed by atoms with Crippen molar-refractivity contribution >= 4 is 17.6 Å². The van der Waals surface area contributed by atoms with Crippen LogP contribution in [0.15, 0.2) is 60.7 Å². The van der Waals surface area contributed by atoms with Crippen molar-refractivity contribution in [2.45, 2.75) is 32.1 Å². The van der Waals surface area contributed by atoms with Gasteiger partial charge in [-0.25, -0.2) is 9.07 Å². The van der Waals surface area contributed by atoms with Crippen LogP contribution in [0, 0.1) is 5.82 Å². The summed E-state index contributed by atoms with van der Waals surface area (Å²) in [5, 5.41) is 7.46. The zero-order valence-electron chi connectivity index (χ0n) is 17.3. The van der Waals surface area contributed by atoms with Gasteiger partial charge < -0.3 is 10.2 Å². The number of amides is 2. The number of nitrogens with one attached hydrogen (secondary N) is 1. The zero-order chi connectivity index (χ0) is 21.6. The minimum atomic E-state index is -0.382. The Balaban J connectivity index is 1.47. The maximum absolute atomic E-state index is 13.8. The highest BCUT2D eigenvalue weighted by molar-refractivity contribution is 5.91. The molecule has 1 aliphatic heterocycles. The van der Waals surface area contributed by atoms with E-state index in [0.717, 1.165) is 31.5 Å². The fraction of sp³-hybridized carbons (Fsp3) is 0.292. The number of benzene rings is 2. The Bertz CT molecular complexity index is 1060. The number of hydrogen-bond acceptors (Lipinski definition) is 3. The van der Waals surface area contributed by atoms with Gasteiger partial charge in [-0.05, 0) is 37.5 Å². The molecule has 1 saturated heterocycles. The number of carbonyl (C=O) groups excluding carboxylic acids is 2. The third kappa shape index (κ3) is 5.17. The molecule has 4 rings (SSSR count). The molecule has 31 heavy (non-hydrogen) atoms. The van der Waals surface area contributed by atoms with Crippen LogP contribution in [0.4, 0.5) is 10.2 Å². The third-order valence-corrected chi connectivity index (χ3v) is 5.35. The van der Waals surface area contributed by atoms with Crippen LogP contribution in [0.2, 0.25) is 0 Å². The van der Waals surface area contributed by atoms with Gasteiger partial charge in [0.05, 0.1) is 11.4 Å². The minimum absolute atomic E-state index is 0.112. The average molecular weight is 420 g/mol. The molecule has 0 aliphatic carbocycles. The van der Waals surface area contributed by atoms with E-state index < -0.39 is 0 Å². The highest BCUT2D eigenvalue weighted by Gasteiger charge is 2.18. The molecule has 2 amide bonds. The lowest BCUT2D eigenvalue weighted by atomic mass is 10.1. The molecule has 7 heteroatoms. The molecule has 1 fully saturated rings. The molecule has 160 valence electrons. The van der Waals surface area contributed by atoms with Gasteiger partial charge in [-0.15, -0.1) is 0 Å². The van der Waals surface area contributed by atoms with Crippen molar-refractivity contribution in [2.75, 3.05) is 18.4 Å². The molecule has 0 bridgehead atoms. The molecule has 3 aromatic rings. The second kappa shape index (κ2) is 9.55. The SMILES string of the molecule is O=C(CCCC(=O)N1CCCC1)Nc1cc(-c2ccccc2)nn1-c1cccc(F)c1. The van der Waals surface area contributed by atoms with Gasteiger partial charge in [-0.1, -0.05) is 36.4 Å². The van der Waals surface area contributed by atoms with Gasteiger partial charge >= 0.3 is 0 Å². The Morgan fingerprint density at radius 3 is 2.48 bits per heavy atom. The van der Waals surface area contributed by atoms with Gasteiger partial charge in [0, 0.05) is 37.6 Å². The van der Waals surface area contributed by atoms with Crippen LogP contribution in [0.5, 0.6) is 0 Å². The summed E-state index contributed by atoms with van der Waals surface area (Å²) in [6.07, 6.45) is 3.20. The molecule has 1 aliphatic rings. The first-order valence-electron chi connectivity index (χ1n) is 10.6. The van der Waals surface area contributed by atoms with Gasteiger partial charge in [-0.2, -0.15) is 5.10 Å². The van der Waals surface area contributed by atoms with Gasteiger partial charge in [0.25, 0.3) is 0 Å². The Kier molecular flexibility index (Phi) is 6.40. The smallest absolute Gasteiger partial charge is 0.225 e. The normalized spacial score (nSPS) is 13.4. The summed E-state index contributed by atoms with van der Waals surface area (Å²) < 4.78 is 15.3. The largest absolute Gasteiger partial charge is 0.343 e. The van der Waals surface area contributed by atoms with Crippen LogP contribution in [0.3, 0.4) is 0 Å². The second-order valence-electron chi connectivity index (χ2n) is 7.66. The number of hydrogen-bond donors (Lipinski definition) is 1. The predicted molar refractivity (Wildman–Crippen MR) is 117 cm³/mol. The van der Waals surface area contributed by atoms with Crippen molar-refractivity contribution in [1.29, 1.82) is 0 Å². The van der Waals surface area contributed by atoms with E-state index in [9.17, 15) is 14.0 Å². The molecule has 1 aromatic heterocycles. The van der Waals surface area contributed by atoms with E-state index in [-0.39, 0.29) is 24.1 Å². The molecule has 0 unspecified atom stereocenters. The summed E-state index contributed by atoms with van der Waals surface area (Å²) in [6.45, 7) is 1.64. The first-order valence-corrected chi connectivity index (χ1v) is 10.6. The van der Waals surface area contributed by atoms with E-state index in [4.69, 9.17) is 0 Å². The molecule has 2 aromatic carbocycles. The Morgan fingerprint density at radius 1 is 0.968 bits per heavy atom. The van der Waals surface area contributed by atoms with E-state index in [0.29, 0.717) is 30.0 Å². The van der Waals surface area contributed by atoms with Crippen LogP contribution in [0.25, 0.3) is 16.9 Å². The molecular weight excluding hydrogens is 395 g/mol. The number of anilines is 1. The topological polar surface area (TPSA) is 67.2 Å². The maximum atomic E-state index is 13.8. The van der Waals surface area contributed by atoms with E-state index in [1.54, 1.807) is 18.2 Å². The van der Waals surface area contributed by atoms with E-state index >= 15 is 0 Å². The highest BCUT2D eigenvalue weighted by atomic mass is 19.1. The van der Waals surface area contributed by atoms with Gasteiger partial charge in [0.2, 0.25) is 11.8 Å². The van der Waals surface area contributed by atoms with Crippen LogP contribution < -0.4 is 5.32 Å². The fourth-order valence-corrected chi connectivity index (χ4v) is 3.75. The van der Waals surface area contributed by atoms with Crippen molar-refractivity contribution in [3.63, 3.8) is 0 Å². The predicted octanol–water partition coefficient (Wildman–Crippen LogP) is 4.41. The first kappa shape index (κ1) is 20.8. The van der Waals surface area contributed by atoms with E-state index in [1.165, 1.54) is 16.8 Å². The molecule has 0 spiro atoms. The van der Waals surface area contributed by atoms with Crippen molar-refractivity contribution in [1.82, 2.24) is 14.7 Å². The molecule has 2 heterocycles. The highest BCUT2D eigenvalue weighted by Crippen LogP contribution is 2.25. The quantitative estimate of drug-likeness (QED) is 0.616. The van der Waals surface area contributed by atoms with Crippen molar-refractivity contribution in [2.24, 2.45) is 0 Å². The summed E-state index contributed by atoms with van der Waals surface area (Å²) in [6, 6.07) is 17.4. The van der Waals surface area contributed by atoms with E-state index in [1.807, 2.05) is 35.2 Å². The first-order chi connectivity index (χ1) is 15.1. The summed E-state index contributed by atoms with van der Waals surface area (Å²) in [4.78, 5) is 26.6. The van der Waals surface area contributed by atoms with Gasteiger partial charge in [0.1, 0.15) is 11.6 Å². The molecule has 0 saturated carbocycles. The Morgan fingerprint density at radius 2 is 1.74 bits per heavy atom. The van der Waals surface area contributed by atoms with Crippen LogP contribution in [-0.4, -0.2) is 39.6 Å². The number of aromatic nitrogens is 2. The standard InChI is InChI=1S/C24H25FN4O2/c25-19-10-6-11-20(16-19)29-22(17-21(27-29)18-8-2-1-3-9-18)26-23(30)12-7-13-24(31)28-14-4-5-15-28/h1-3,6,8-11,16-17H,4-5,7,12-15H2,(H,26,30). The van der Waals surface area contributed by atoms with Gasteiger partial charge in [0.15, 0.2) is 0 Å². The number of nitrogens with zero attached hydrogens (tertiary/aromatic N) is 3. The number of rotatable bonds is 7. The molecule has 0 radical (unpaired) electrons. The number of likely N-dealkylation sites (tertiary alicyclic amines) is 1. The second-order valence-corrected chi connectivity index (χ2v) is 7.66. The number of halogens is 1. The van der Waals surface area contributed by atoms with Gasteiger partial charge in [-0.3, -0.25) is 9.59 Å². The lowest BCUT2D eigenvalue weighted by Crippen LogP contribution is -2.27. The van der Waals surface area contributed by atoms with Crippen LogP contribution >= 0.6 is 0 Å². The lowest BCUT2D eigenvalue weighted by molar-refractivity contribution is -0.130. The maximum Gasteiger partial charge on any atom is 0.225 e. The van der Waals surface area contributed by atoms with Crippen molar-refractivity contribution in [3.05, 3.63) is 66.5 Å². The molecule has 6 nitrogen and oxygen atoms in total. The van der Waals surface area contributed by atoms with Crippen molar-refractivity contribution in [3.8, 4) is 16.9 Å². The molecular formula is C24H25FN4O2. The third-order valence-electron chi connectivity index (χ3n) is 5.35. The fourth-order valence-electron chi connectivity index (χ4n) is 3.75. The Hall–Kier alpha value is -3.48. The summed E-state index contributed by atoms with van der Waals surface area (Å²) in [5.41, 5.74) is 2.08. The van der Waals surface area contributed by atoms with Crippen LogP contribution in [-0.2, 0) is 9.59 Å². The Labute approximate surface area is 180 Å². The number of carbonyl (C=O) groups is 2. The zero-order valence-corrected chi connectivity index (χ0v) is 17.3. The summed E-state index contributed by atoms with van der Waals surface area (Å²) >= 11 is 0. The molecule has 1 N–H and O–H groups in total. The lowest BCUT2D eigenvalue weighted by Gasteiger charge is -2.14. The monoisotopic (exact) mass is 420 g/mol. The van der Waals surface area contributed by atoms with Crippen LogP contribution in [0.1, 0.15) is 32.1 Å². The average Bonchev–Trinajstić information content (AvgIpc) is 3.45. The minimum Gasteiger partial charge on any atom is -0.343 e. The van der Waals surface area contributed by atoms with Crippen molar-refractivity contribution < 1.29 is 14.0 Å². The molecule has 0 atom stereocenters. The summed E-state index contributed by atoms with van der Waals surface area (Å²) in [5.74, 6) is -0.0138. The summed E-state index contributed by atoms with van der Waals surface area (Å²) in [7, 11) is 0.